The Balaban J connectivity index is 1.44. The molecule has 0 aliphatic carbocycles. The van der Waals surface area contributed by atoms with E-state index in [-0.39, 0.29) is 23.6 Å². The molecular weight excluding hydrogens is 467 g/mol. The van der Waals surface area contributed by atoms with Crippen molar-refractivity contribution in [3.05, 3.63) is 76.1 Å². The average molecular weight is 486 g/mol. The first-order chi connectivity index (χ1) is 16.3. The van der Waals surface area contributed by atoms with Gasteiger partial charge in [0.05, 0.1) is 23.6 Å². The van der Waals surface area contributed by atoms with Crippen LogP contribution in [-0.2, 0) is 13.5 Å². The number of hydrogen-bond donors (Lipinski definition) is 0. The highest BCUT2D eigenvalue weighted by Gasteiger charge is 2.44. The molecule has 174 valence electrons. The zero-order chi connectivity index (χ0) is 23.7. The molecule has 1 fully saturated rings. The van der Waals surface area contributed by atoms with Crippen molar-refractivity contribution in [3.8, 4) is 11.3 Å². The highest BCUT2D eigenvalue weighted by Crippen LogP contribution is 2.45. The zero-order valence-corrected chi connectivity index (χ0v) is 18.9. The molecule has 0 N–H and O–H groups in total. The van der Waals surface area contributed by atoms with E-state index in [0.717, 1.165) is 37.0 Å². The number of aryl methyl sites for hydroxylation is 1. The normalized spacial score (nSPS) is 19.5. The topological polar surface area (TPSA) is 55.4 Å². The van der Waals surface area contributed by atoms with Crippen LogP contribution >= 0.6 is 11.6 Å². The number of aromatic nitrogens is 4. The summed E-state index contributed by atoms with van der Waals surface area (Å²) >= 11 is 6.06. The highest BCUT2D eigenvalue weighted by molar-refractivity contribution is 6.30. The quantitative estimate of drug-likeness (QED) is 0.371. The largest absolute Gasteiger partial charge is 0.325 e. The molecule has 2 aliphatic rings. The minimum absolute atomic E-state index is 0.102. The summed E-state index contributed by atoms with van der Waals surface area (Å²) in [6, 6.07) is 5.00. The molecule has 5 heterocycles. The molecule has 0 radical (unpaired) electrons. The van der Waals surface area contributed by atoms with Crippen molar-refractivity contribution in [2.24, 2.45) is 7.05 Å². The van der Waals surface area contributed by atoms with Crippen molar-refractivity contribution in [3.63, 3.8) is 0 Å². The van der Waals surface area contributed by atoms with Gasteiger partial charge in [-0.3, -0.25) is 13.9 Å². The molecule has 3 aromatic heterocycles. The fourth-order valence-electron chi connectivity index (χ4n) is 5.45. The molecule has 2 bridgehead atoms. The Morgan fingerprint density at radius 3 is 2.68 bits per heavy atom. The van der Waals surface area contributed by atoms with Gasteiger partial charge in [0.1, 0.15) is 11.3 Å². The molecule has 1 amide bonds. The summed E-state index contributed by atoms with van der Waals surface area (Å²) in [5.41, 5.74) is 3.34. The SMILES string of the molecule is Cn1nc2c(c1-c1cc(F)c(F)c(F)c1)CC1CCCC2N1C(=O)c1cnc2cc(Cl)ccn12. The van der Waals surface area contributed by atoms with Gasteiger partial charge in [0, 0.05) is 41.5 Å². The first-order valence-corrected chi connectivity index (χ1v) is 11.4. The number of amides is 1. The second-order valence-electron chi connectivity index (χ2n) is 8.82. The zero-order valence-electron chi connectivity index (χ0n) is 18.1. The van der Waals surface area contributed by atoms with Gasteiger partial charge in [0.2, 0.25) is 0 Å². The first-order valence-electron chi connectivity index (χ1n) is 11.0. The number of hydrogen-bond acceptors (Lipinski definition) is 3. The molecular formula is C24H19ClF3N5O. The number of imidazole rings is 1. The Morgan fingerprint density at radius 1 is 1.15 bits per heavy atom. The maximum Gasteiger partial charge on any atom is 0.273 e. The minimum atomic E-state index is -1.50. The Kier molecular flexibility index (Phi) is 4.74. The maximum absolute atomic E-state index is 14.0. The number of benzene rings is 1. The summed E-state index contributed by atoms with van der Waals surface area (Å²) in [7, 11) is 1.69. The van der Waals surface area contributed by atoms with Crippen LogP contribution in [0.2, 0.25) is 5.02 Å². The van der Waals surface area contributed by atoms with Gasteiger partial charge < -0.3 is 4.90 Å². The van der Waals surface area contributed by atoms with E-state index < -0.39 is 17.5 Å². The highest BCUT2D eigenvalue weighted by atomic mass is 35.5. The van der Waals surface area contributed by atoms with Gasteiger partial charge in [-0.1, -0.05) is 11.6 Å². The number of carbonyl (C=O) groups excluding carboxylic acids is 1. The van der Waals surface area contributed by atoms with Crippen molar-refractivity contribution in [1.29, 1.82) is 0 Å². The lowest BCUT2D eigenvalue weighted by molar-refractivity contribution is 0.0385. The van der Waals surface area contributed by atoms with Crippen LogP contribution in [0, 0.1) is 17.5 Å². The van der Waals surface area contributed by atoms with Gasteiger partial charge in [-0.25, -0.2) is 18.2 Å². The summed E-state index contributed by atoms with van der Waals surface area (Å²) in [5, 5.41) is 5.20. The number of fused-ring (bicyclic) bond motifs is 5. The van der Waals surface area contributed by atoms with Crippen molar-refractivity contribution in [1.82, 2.24) is 24.1 Å². The lowest BCUT2D eigenvalue weighted by Crippen LogP contribution is -2.50. The summed E-state index contributed by atoms with van der Waals surface area (Å²) < 4.78 is 44.8. The van der Waals surface area contributed by atoms with Crippen LogP contribution in [0.1, 0.15) is 47.1 Å². The molecule has 0 spiro atoms. The van der Waals surface area contributed by atoms with Gasteiger partial charge in [0.25, 0.3) is 5.91 Å². The third kappa shape index (κ3) is 3.06. The summed E-state index contributed by atoms with van der Waals surface area (Å²) in [6.07, 6.45) is 6.22. The van der Waals surface area contributed by atoms with Crippen LogP contribution in [-0.4, -0.2) is 36.0 Å². The third-order valence-electron chi connectivity index (χ3n) is 6.86. The number of carbonyl (C=O) groups is 1. The molecule has 6 nitrogen and oxygen atoms in total. The molecule has 1 saturated heterocycles. The number of piperidine rings is 1. The first kappa shape index (κ1) is 21.2. The van der Waals surface area contributed by atoms with Crippen molar-refractivity contribution < 1.29 is 18.0 Å². The van der Waals surface area contributed by atoms with Crippen LogP contribution in [0.3, 0.4) is 0 Å². The Hall–Kier alpha value is -3.33. The maximum atomic E-state index is 14.0. The molecule has 10 heteroatoms. The van der Waals surface area contributed by atoms with Crippen molar-refractivity contribution >= 4 is 23.2 Å². The number of rotatable bonds is 2. The van der Waals surface area contributed by atoms with E-state index in [1.54, 1.807) is 40.7 Å². The van der Waals surface area contributed by atoms with Crippen LogP contribution in [0.4, 0.5) is 13.2 Å². The molecule has 34 heavy (non-hydrogen) atoms. The van der Waals surface area contributed by atoms with E-state index in [1.807, 2.05) is 4.90 Å². The van der Waals surface area contributed by atoms with E-state index in [2.05, 4.69) is 10.1 Å². The second-order valence-corrected chi connectivity index (χ2v) is 9.26. The van der Waals surface area contributed by atoms with Gasteiger partial charge in [-0.15, -0.1) is 0 Å². The lowest BCUT2D eigenvalue weighted by atomic mass is 9.81. The Labute approximate surface area is 197 Å². The second kappa shape index (κ2) is 7.59. The van der Waals surface area contributed by atoms with E-state index in [9.17, 15) is 18.0 Å². The number of nitrogens with zero attached hydrogens (tertiary/aromatic N) is 5. The Bertz CT molecular complexity index is 1460. The van der Waals surface area contributed by atoms with Crippen LogP contribution in [0.15, 0.2) is 36.7 Å². The van der Waals surface area contributed by atoms with Crippen LogP contribution < -0.4 is 0 Å². The van der Waals surface area contributed by atoms with E-state index in [0.29, 0.717) is 34.2 Å². The van der Waals surface area contributed by atoms with Crippen molar-refractivity contribution in [2.75, 3.05) is 0 Å². The van der Waals surface area contributed by atoms with E-state index >= 15 is 0 Å². The molecule has 4 aromatic rings. The van der Waals surface area contributed by atoms with Crippen molar-refractivity contribution in [2.45, 2.75) is 37.8 Å². The molecule has 6 rings (SSSR count). The van der Waals surface area contributed by atoms with Crippen LogP contribution in [0.5, 0.6) is 0 Å². The summed E-state index contributed by atoms with van der Waals surface area (Å²) in [5.74, 6) is -4.14. The van der Waals surface area contributed by atoms with Gasteiger partial charge >= 0.3 is 0 Å². The average Bonchev–Trinajstić information content (AvgIpc) is 3.36. The van der Waals surface area contributed by atoms with E-state index in [1.165, 1.54) is 0 Å². The smallest absolute Gasteiger partial charge is 0.273 e. The number of pyridine rings is 1. The van der Waals surface area contributed by atoms with Gasteiger partial charge in [-0.05, 0) is 43.9 Å². The predicted molar refractivity (Wildman–Crippen MR) is 119 cm³/mol. The van der Waals surface area contributed by atoms with Gasteiger partial charge in [0.15, 0.2) is 17.5 Å². The molecule has 2 unspecified atom stereocenters. The molecule has 1 aromatic carbocycles. The standard InChI is InChI=1S/C24H19ClF3N5O/c1-31-23(12-7-16(26)21(28)17(27)8-12)15-10-14-3-2-4-18(22(15)30-31)33(14)24(34)19-11-29-20-9-13(25)5-6-32(19)20/h5-9,11,14,18H,2-4,10H2,1H3. The summed E-state index contributed by atoms with van der Waals surface area (Å²) in [4.78, 5) is 19.9. The molecule has 2 aliphatic heterocycles. The fraction of sp³-hybridized carbons (Fsp3) is 0.292. The monoisotopic (exact) mass is 485 g/mol. The van der Waals surface area contributed by atoms with Gasteiger partial charge in [-0.2, -0.15) is 5.10 Å². The third-order valence-corrected chi connectivity index (χ3v) is 7.10. The minimum Gasteiger partial charge on any atom is -0.325 e. The van der Waals surface area contributed by atoms with Crippen LogP contribution in [0.25, 0.3) is 16.9 Å². The molecule has 2 atom stereocenters. The predicted octanol–water partition coefficient (Wildman–Crippen LogP) is 5.10. The fourth-order valence-corrected chi connectivity index (χ4v) is 5.60. The lowest BCUT2D eigenvalue weighted by Gasteiger charge is -2.45. The Morgan fingerprint density at radius 2 is 1.91 bits per heavy atom. The van der Waals surface area contributed by atoms with E-state index in [4.69, 9.17) is 11.6 Å². The molecule has 0 saturated carbocycles. The number of halogens is 4. The summed E-state index contributed by atoms with van der Waals surface area (Å²) in [6.45, 7) is 0.